The van der Waals surface area contributed by atoms with Crippen LogP contribution < -0.4 is 4.90 Å². The second kappa shape index (κ2) is 8.33. The molecule has 29 heavy (non-hydrogen) atoms. The third-order valence-corrected chi connectivity index (χ3v) is 7.39. The monoisotopic (exact) mass is 450 g/mol. The van der Waals surface area contributed by atoms with Crippen LogP contribution in [0.5, 0.6) is 0 Å². The molecular weight excluding hydrogens is 434 g/mol. The molecule has 0 amide bonds. The Hall–Kier alpha value is -2.10. The molecule has 2 heterocycles. The van der Waals surface area contributed by atoms with E-state index in [4.69, 9.17) is 17.0 Å². The summed E-state index contributed by atoms with van der Waals surface area (Å²) in [6, 6.07) is 10.3. The van der Waals surface area contributed by atoms with Crippen LogP contribution in [0, 0.1) is 11.6 Å². The summed E-state index contributed by atoms with van der Waals surface area (Å²) in [5.74, 6) is -2.08. The van der Waals surface area contributed by atoms with E-state index < -0.39 is 11.6 Å². The zero-order chi connectivity index (χ0) is 20.5. The summed E-state index contributed by atoms with van der Waals surface area (Å²) in [6.45, 7) is 2.40. The number of hydrogen-bond acceptors (Lipinski definition) is 6. The highest BCUT2D eigenvalue weighted by molar-refractivity contribution is 8.02. The first-order valence-corrected chi connectivity index (χ1v) is 11.0. The molecule has 0 aliphatic carbocycles. The number of esters is 1. The summed E-state index contributed by atoms with van der Waals surface area (Å²) in [5.41, 5.74) is 1.33. The zero-order valence-electron chi connectivity index (χ0n) is 15.4. The number of benzene rings is 2. The lowest BCUT2D eigenvalue weighted by Gasteiger charge is -2.35. The van der Waals surface area contributed by atoms with Crippen LogP contribution in [0.2, 0.25) is 0 Å². The molecule has 0 fully saturated rings. The number of nitrogens with zero attached hydrogens (tertiary/aromatic N) is 2. The minimum absolute atomic E-state index is 0.169. The molecule has 0 N–H and O–H groups in total. The number of thiazole rings is 1. The second-order valence-electron chi connectivity index (χ2n) is 6.32. The van der Waals surface area contributed by atoms with Gasteiger partial charge >= 0.3 is 5.97 Å². The fraction of sp³-hybridized carbons (Fsp3) is 0.250. The average Bonchev–Trinajstić information content (AvgIpc) is 3.12. The van der Waals surface area contributed by atoms with E-state index in [1.54, 1.807) is 6.92 Å². The number of anilines is 1. The molecule has 2 aromatic carbocycles. The fourth-order valence-corrected chi connectivity index (χ4v) is 5.70. The van der Waals surface area contributed by atoms with Crippen molar-refractivity contribution < 1.29 is 18.3 Å². The Balaban J connectivity index is 1.67. The summed E-state index contributed by atoms with van der Waals surface area (Å²) >= 11 is 8.33. The Morgan fingerprint density at radius 1 is 1.28 bits per heavy atom. The molecule has 0 bridgehead atoms. The zero-order valence-corrected chi connectivity index (χ0v) is 17.8. The molecule has 3 aromatic rings. The maximum absolute atomic E-state index is 14.1. The smallest absolute Gasteiger partial charge is 0.307 e. The number of hydrogen-bond donors (Lipinski definition) is 0. The maximum Gasteiger partial charge on any atom is 0.307 e. The Morgan fingerprint density at radius 3 is 2.86 bits per heavy atom. The number of carbonyl (C=O) groups excluding carboxylic acids is 1. The highest BCUT2D eigenvalue weighted by Gasteiger charge is 2.32. The molecular formula is C20H16F2N2O2S3. The number of rotatable bonds is 5. The normalized spacial score (nSPS) is 16.2. The van der Waals surface area contributed by atoms with Gasteiger partial charge in [-0.25, -0.2) is 13.8 Å². The molecule has 1 aliphatic heterocycles. The van der Waals surface area contributed by atoms with Crippen LogP contribution in [0.1, 0.15) is 18.4 Å². The van der Waals surface area contributed by atoms with Crippen molar-refractivity contribution in [1.82, 2.24) is 4.98 Å². The van der Waals surface area contributed by atoms with Crippen molar-refractivity contribution in [3.8, 4) is 0 Å². The molecule has 1 aromatic heterocycles. The van der Waals surface area contributed by atoms with Gasteiger partial charge in [0.15, 0.2) is 11.6 Å². The number of thioether (sulfide) groups is 1. The standard InChI is InChI=1S/C20H16F2N2O2S3/c1-2-26-17(25)9-15-20(27)24(13-5-3-4-6-14(13)28-15)10-16-23-12-8-7-11(21)18(22)19(12)29-16/h3-8,15H,2,9-10H2,1H3. The molecule has 0 saturated carbocycles. The van der Waals surface area contributed by atoms with Crippen LogP contribution >= 0.6 is 35.3 Å². The number of para-hydroxylation sites is 1. The van der Waals surface area contributed by atoms with Crippen molar-refractivity contribution in [2.75, 3.05) is 11.5 Å². The molecule has 1 aliphatic rings. The van der Waals surface area contributed by atoms with E-state index in [-0.39, 0.29) is 22.3 Å². The van der Waals surface area contributed by atoms with E-state index in [2.05, 4.69) is 4.98 Å². The minimum atomic E-state index is -0.891. The van der Waals surface area contributed by atoms with E-state index in [0.717, 1.165) is 28.0 Å². The van der Waals surface area contributed by atoms with Crippen molar-refractivity contribution >= 4 is 62.2 Å². The molecule has 0 radical (unpaired) electrons. The molecule has 4 nitrogen and oxygen atoms in total. The lowest BCUT2D eigenvalue weighted by Crippen LogP contribution is -2.40. The lowest BCUT2D eigenvalue weighted by molar-refractivity contribution is -0.142. The van der Waals surface area contributed by atoms with Crippen LogP contribution in [-0.2, 0) is 16.1 Å². The summed E-state index contributed by atoms with van der Waals surface area (Å²) in [5, 5.41) is 0.367. The Kier molecular flexibility index (Phi) is 5.80. The van der Waals surface area contributed by atoms with Gasteiger partial charge in [0.1, 0.15) is 5.01 Å². The van der Waals surface area contributed by atoms with E-state index >= 15 is 0 Å². The first kappa shape index (κ1) is 20.2. The van der Waals surface area contributed by atoms with Crippen LogP contribution in [0.25, 0.3) is 10.2 Å². The van der Waals surface area contributed by atoms with Gasteiger partial charge in [-0.05, 0) is 31.2 Å². The number of aromatic nitrogens is 1. The Bertz CT molecular complexity index is 1100. The van der Waals surface area contributed by atoms with E-state index in [9.17, 15) is 13.6 Å². The molecule has 4 rings (SSSR count). The van der Waals surface area contributed by atoms with Gasteiger partial charge in [0, 0.05) is 4.90 Å². The average molecular weight is 451 g/mol. The molecule has 1 unspecified atom stereocenters. The number of carbonyl (C=O) groups is 1. The summed E-state index contributed by atoms with van der Waals surface area (Å²) < 4.78 is 32.9. The SMILES string of the molecule is CCOC(=O)CC1Sc2ccccc2N(Cc2nc3ccc(F)c(F)c3s2)C1=S. The third kappa shape index (κ3) is 3.99. The maximum atomic E-state index is 14.1. The van der Waals surface area contributed by atoms with Gasteiger partial charge in [-0.2, -0.15) is 0 Å². The minimum Gasteiger partial charge on any atom is -0.466 e. The largest absolute Gasteiger partial charge is 0.466 e. The third-order valence-electron chi connectivity index (χ3n) is 4.41. The highest BCUT2D eigenvalue weighted by atomic mass is 32.2. The van der Waals surface area contributed by atoms with Crippen molar-refractivity contribution in [2.45, 2.75) is 30.0 Å². The highest BCUT2D eigenvalue weighted by Crippen LogP contribution is 2.42. The van der Waals surface area contributed by atoms with Gasteiger partial charge in [-0.15, -0.1) is 23.1 Å². The number of thiocarbonyl (C=S) groups is 1. The van der Waals surface area contributed by atoms with E-state index in [1.807, 2.05) is 29.2 Å². The Labute approximate surface area is 179 Å². The molecule has 0 saturated heterocycles. The lowest BCUT2D eigenvalue weighted by atomic mass is 10.2. The number of halogens is 2. The molecule has 150 valence electrons. The number of fused-ring (bicyclic) bond motifs is 2. The molecule has 0 spiro atoms. The van der Waals surface area contributed by atoms with E-state index in [0.29, 0.717) is 28.7 Å². The van der Waals surface area contributed by atoms with Crippen molar-refractivity contribution in [3.05, 3.63) is 53.0 Å². The van der Waals surface area contributed by atoms with Crippen molar-refractivity contribution in [2.24, 2.45) is 0 Å². The van der Waals surface area contributed by atoms with Crippen molar-refractivity contribution in [3.63, 3.8) is 0 Å². The first-order chi connectivity index (χ1) is 14.0. The predicted octanol–water partition coefficient (Wildman–Crippen LogP) is 5.34. The number of ether oxygens (including phenoxy) is 1. The molecule has 9 heteroatoms. The van der Waals surface area contributed by atoms with Gasteiger partial charge < -0.3 is 9.64 Å². The summed E-state index contributed by atoms with van der Waals surface area (Å²) in [6.07, 6.45) is 0.169. The van der Waals surface area contributed by atoms with Crippen LogP contribution in [-0.4, -0.2) is 27.8 Å². The topological polar surface area (TPSA) is 42.4 Å². The summed E-state index contributed by atoms with van der Waals surface area (Å²) in [4.78, 5) is 20.0. The van der Waals surface area contributed by atoms with Crippen LogP contribution in [0.4, 0.5) is 14.5 Å². The predicted molar refractivity (Wildman–Crippen MR) is 116 cm³/mol. The van der Waals surface area contributed by atoms with Crippen LogP contribution in [0.15, 0.2) is 41.3 Å². The fourth-order valence-electron chi connectivity index (χ4n) is 3.12. The quantitative estimate of drug-likeness (QED) is 0.386. The Morgan fingerprint density at radius 2 is 2.07 bits per heavy atom. The summed E-state index contributed by atoms with van der Waals surface area (Å²) in [7, 11) is 0. The van der Waals surface area contributed by atoms with Gasteiger partial charge in [0.25, 0.3) is 0 Å². The van der Waals surface area contributed by atoms with Gasteiger partial charge in [-0.3, -0.25) is 4.79 Å². The molecule has 1 atom stereocenters. The van der Waals surface area contributed by atoms with E-state index in [1.165, 1.54) is 17.8 Å². The van der Waals surface area contributed by atoms with Gasteiger partial charge in [0.05, 0.1) is 45.7 Å². The van der Waals surface area contributed by atoms with Gasteiger partial charge in [-0.1, -0.05) is 24.4 Å². The van der Waals surface area contributed by atoms with Crippen molar-refractivity contribution in [1.29, 1.82) is 0 Å². The second-order valence-corrected chi connectivity index (χ2v) is 9.07. The van der Waals surface area contributed by atoms with Gasteiger partial charge in [0.2, 0.25) is 0 Å². The van der Waals surface area contributed by atoms with Crippen LogP contribution in [0.3, 0.4) is 0 Å². The first-order valence-electron chi connectivity index (χ1n) is 8.94.